The largest absolute Gasteiger partial charge is 0.370 e. The quantitative estimate of drug-likeness (QED) is 0.652. The molecule has 0 spiro atoms. The second-order valence-corrected chi connectivity index (χ2v) is 6.72. The van der Waals surface area contributed by atoms with E-state index in [1.54, 1.807) is 0 Å². The highest BCUT2D eigenvalue weighted by Gasteiger charge is 2.32. The lowest BCUT2D eigenvalue weighted by Crippen LogP contribution is -2.29. The molecule has 0 heterocycles. The van der Waals surface area contributed by atoms with E-state index >= 15 is 0 Å². The number of amides is 2. The first kappa shape index (κ1) is 19.8. The van der Waals surface area contributed by atoms with Crippen LogP contribution in [0.3, 0.4) is 0 Å². The summed E-state index contributed by atoms with van der Waals surface area (Å²) in [7, 11) is 0. The number of carbonyl (C=O) groups is 2. The lowest BCUT2D eigenvalue weighted by Gasteiger charge is -2.18. The summed E-state index contributed by atoms with van der Waals surface area (Å²) in [6.07, 6.45) is 3.33. The molecule has 0 bridgehead atoms. The Bertz CT molecular complexity index is 542. The SMILES string of the molecule is Cl.NC[C@H]1CCC[C@H]1C(=O)Nc1ccccc1SCCC(N)=O. The molecule has 2 rings (SSSR count). The first-order chi connectivity index (χ1) is 10.6. The molecule has 0 radical (unpaired) electrons. The molecule has 5 N–H and O–H groups in total. The number of nitrogens with two attached hydrogens (primary N) is 2. The zero-order valence-electron chi connectivity index (χ0n) is 13.0. The van der Waals surface area contributed by atoms with Crippen molar-refractivity contribution >= 4 is 41.7 Å². The number of anilines is 1. The van der Waals surface area contributed by atoms with Gasteiger partial charge in [0.05, 0.1) is 5.69 Å². The van der Waals surface area contributed by atoms with Crippen molar-refractivity contribution in [1.82, 2.24) is 0 Å². The Morgan fingerprint density at radius 3 is 2.70 bits per heavy atom. The van der Waals surface area contributed by atoms with Crippen LogP contribution in [0.5, 0.6) is 0 Å². The van der Waals surface area contributed by atoms with Gasteiger partial charge in [-0.05, 0) is 37.4 Å². The lowest BCUT2D eigenvalue weighted by molar-refractivity contribution is -0.121. The first-order valence-corrected chi connectivity index (χ1v) is 8.61. The van der Waals surface area contributed by atoms with Gasteiger partial charge in [-0.15, -0.1) is 24.2 Å². The van der Waals surface area contributed by atoms with Gasteiger partial charge in [0.15, 0.2) is 0 Å². The van der Waals surface area contributed by atoms with Gasteiger partial charge in [-0.1, -0.05) is 18.6 Å². The summed E-state index contributed by atoms with van der Waals surface area (Å²) in [6, 6.07) is 7.64. The Morgan fingerprint density at radius 1 is 1.26 bits per heavy atom. The van der Waals surface area contributed by atoms with Crippen LogP contribution in [0.1, 0.15) is 25.7 Å². The van der Waals surface area contributed by atoms with Crippen LogP contribution in [0.2, 0.25) is 0 Å². The molecule has 1 aromatic rings. The summed E-state index contributed by atoms with van der Waals surface area (Å²) in [5, 5.41) is 3.02. The molecule has 23 heavy (non-hydrogen) atoms. The smallest absolute Gasteiger partial charge is 0.227 e. The third-order valence-electron chi connectivity index (χ3n) is 4.05. The maximum absolute atomic E-state index is 12.5. The van der Waals surface area contributed by atoms with Crippen molar-refractivity contribution < 1.29 is 9.59 Å². The summed E-state index contributed by atoms with van der Waals surface area (Å²) < 4.78 is 0. The van der Waals surface area contributed by atoms with Crippen molar-refractivity contribution in [1.29, 1.82) is 0 Å². The van der Waals surface area contributed by atoms with Gasteiger partial charge in [-0.2, -0.15) is 0 Å². The third kappa shape index (κ3) is 5.71. The van der Waals surface area contributed by atoms with E-state index in [4.69, 9.17) is 11.5 Å². The van der Waals surface area contributed by atoms with Gasteiger partial charge in [-0.25, -0.2) is 0 Å². The molecule has 1 fully saturated rings. The maximum atomic E-state index is 12.5. The average molecular weight is 358 g/mol. The van der Waals surface area contributed by atoms with Gasteiger partial charge in [0.1, 0.15) is 0 Å². The van der Waals surface area contributed by atoms with Crippen molar-refractivity contribution in [3.63, 3.8) is 0 Å². The van der Waals surface area contributed by atoms with E-state index in [9.17, 15) is 9.59 Å². The molecule has 5 nitrogen and oxygen atoms in total. The number of primary amides is 1. The Morgan fingerprint density at radius 2 is 2.00 bits per heavy atom. The fourth-order valence-electron chi connectivity index (χ4n) is 2.85. The molecule has 128 valence electrons. The van der Waals surface area contributed by atoms with E-state index in [0.717, 1.165) is 29.8 Å². The number of carbonyl (C=O) groups excluding carboxylic acids is 2. The second-order valence-electron chi connectivity index (χ2n) is 5.58. The van der Waals surface area contributed by atoms with Crippen LogP contribution in [0.4, 0.5) is 5.69 Å². The van der Waals surface area contributed by atoms with E-state index in [-0.39, 0.29) is 36.1 Å². The minimum absolute atomic E-state index is 0. The average Bonchev–Trinajstić information content (AvgIpc) is 2.97. The van der Waals surface area contributed by atoms with E-state index in [1.807, 2.05) is 24.3 Å². The van der Waals surface area contributed by atoms with Crippen LogP contribution in [0.15, 0.2) is 29.2 Å². The molecule has 0 saturated heterocycles. The molecule has 1 aromatic carbocycles. The first-order valence-electron chi connectivity index (χ1n) is 7.63. The van der Waals surface area contributed by atoms with Crippen LogP contribution in [-0.2, 0) is 9.59 Å². The molecule has 2 amide bonds. The summed E-state index contributed by atoms with van der Waals surface area (Å²) in [5.74, 6) is 0.641. The molecule has 0 unspecified atom stereocenters. The summed E-state index contributed by atoms with van der Waals surface area (Å²) in [6.45, 7) is 0.563. The lowest BCUT2D eigenvalue weighted by atomic mass is 9.95. The molecule has 0 aromatic heterocycles. The number of halogens is 1. The minimum atomic E-state index is -0.314. The van der Waals surface area contributed by atoms with Gasteiger partial charge in [0.2, 0.25) is 11.8 Å². The molecule has 1 aliphatic carbocycles. The number of benzene rings is 1. The minimum Gasteiger partial charge on any atom is -0.370 e. The highest BCUT2D eigenvalue weighted by atomic mass is 35.5. The number of thioether (sulfide) groups is 1. The fraction of sp³-hybridized carbons (Fsp3) is 0.500. The van der Waals surface area contributed by atoms with Gasteiger partial charge in [0.25, 0.3) is 0 Å². The number of hydrogen-bond acceptors (Lipinski definition) is 4. The van der Waals surface area contributed by atoms with E-state index in [0.29, 0.717) is 18.7 Å². The Kier molecular flexibility index (Phi) is 8.44. The van der Waals surface area contributed by atoms with Crippen molar-refractivity contribution in [3.8, 4) is 0 Å². The molecule has 1 aliphatic rings. The Balaban J connectivity index is 0.00000264. The van der Waals surface area contributed by atoms with Gasteiger partial charge in [0, 0.05) is 23.0 Å². The van der Waals surface area contributed by atoms with Crippen molar-refractivity contribution in [3.05, 3.63) is 24.3 Å². The van der Waals surface area contributed by atoms with Crippen LogP contribution in [0, 0.1) is 11.8 Å². The third-order valence-corrected chi connectivity index (χ3v) is 5.12. The predicted octanol–water partition coefficient (Wildman–Crippen LogP) is 2.39. The maximum Gasteiger partial charge on any atom is 0.227 e. The molecular formula is C16H24ClN3O2S. The van der Waals surface area contributed by atoms with Crippen molar-refractivity contribution in [2.75, 3.05) is 17.6 Å². The van der Waals surface area contributed by atoms with Crippen LogP contribution < -0.4 is 16.8 Å². The predicted molar refractivity (Wildman–Crippen MR) is 96.7 cm³/mol. The Labute approximate surface area is 147 Å². The zero-order valence-corrected chi connectivity index (χ0v) is 14.6. The number of rotatable bonds is 7. The van der Waals surface area contributed by atoms with Crippen LogP contribution in [0.25, 0.3) is 0 Å². The summed E-state index contributed by atoms with van der Waals surface area (Å²) in [5.41, 5.74) is 11.7. The molecular weight excluding hydrogens is 334 g/mol. The van der Waals surface area contributed by atoms with E-state index < -0.39 is 0 Å². The van der Waals surface area contributed by atoms with Crippen molar-refractivity contribution in [2.45, 2.75) is 30.6 Å². The van der Waals surface area contributed by atoms with E-state index in [2.05, 4.69) is 5.32 Å². The number of para-hydroxylation sites is 1. The second kappa shape index (κ2) is 9.80. The standard InChI is InChI=1S/C16H23N3O2S.ClH/c17-10-11-4-3-5-12(11)16(21)19-13-6-1-2-7-14(13)22-9-8-15(18)20;/h1-2,6-7,11-12H,3-5,8-10,17H2,(H2,18,20)(H,19,21);1H/t11-,12-;/m1./s1. The van der Waals surface area contributed by atoms with Crippen molar-refractivity contribution in [2.24, 2.45) is 23.3 Å². The van der Waals surface area contributed by atoms with E-state index in [1.165, 1.54) is 11.8 Å². The Hall–Kier alpha value is -1.24. The summed E-state index contributed by atoms with van der Waals surface area (Å²) in [4.78, 5) is 24.2. The summed E-state index contributed by atoms with van der Waals surface area (Å²) >= 11 is 1.53. The van der Waals surface area contributed by atoms with Gasteiger partial charge in [-0.3, -0.25) is 9.59 Å². The molecule has 2 atom stereocenters. The topological polar surface area (TPSA) is 98.2 Å². The zero-order chi connectivity index (χ0) is 15.9. The molecule has 1 saturated carbocycles. The number of hydrogen-bond donors (Lipinski definition) is 3. The van der Waals surface area contributed by atoms with Crippen LogP contribution >= 0.6 is 24.2 Å². The number of nitrogens with one attached hydrogen (secondary N) is 1. The highest BCUT2D eigenvalue weighted by molar-refractivity contribution is 7.99. The highest BCUT2D eigenvalue weighted by Crippen LogP contribution is 2.33. The van der Waals surface area contributed by atoms with Gasteiger partial charge < -0.3 is 16.8 Å². The molecule has 0 aliphatic heterocycles. The fourth-order valence-corrected chi connectivity index (χ4v) is 3.82. The van der Waals surface area contributed by atoms with Gasteiger partial charge >= 0.3 is 0 Å². The van der Waals surface area contributed by atoms with Crippen LogP contribution in [-0.4, -0.2) is 24.1 Å². The molecule has 7 heteroatoms. The monoisotopic (exact) mass is 357 g/mol. The normalized spacial score (nSPS) is 19.9.